The molecule has 0 N–H and O–H groups in total. The Morgan fingerprint density at radius 1 is 0.800 bits per heavy atom. The summed E-state index contributed by atoms with van der Waals surface area (Å²) in [4.78, 5) is 12.1. The van der Waals surface area contributed by atoms with E-state index in [2.05, 4.69) is 24.1 Å². The van der Waals surface area contributed by atoms with Crippen molar-refractivity contribution in [3.8, 4) is 0 Å². The number of phosphoric ester groups is 1. The van der Waals surface area contributed by atoms with Crippen molar-refractivity contribution in [3.05, 3.63) is 0 Å². The quantitative estimate of drug-likeness (QED) is 0.0655. The fourth-order valence-electron chi connectivity index (χ4n) is 4.34. The van der Waals surface area contributed by atoms with Crippen molar-refractivity contribution in [1.29, 1.82) is 0 Å². The average Bonchev–Trinajstić information content (AvgIpc) is 3.26. The summed E-state index contributed by atoms with van der Waals surface area (Å²) in [5.74, 6) is 0. The Hall–Kier alpha value is 0.588. The molecule has 0 aromatic heterocycles. The zero-order valence-corrected chi connectivity index (χ0v) is 26.2. The maximum absolute atomic E-state index is 12.1. The molecular formula is C27H56AsO6P-. The van der Waals surface area contributed by atoms with Gasteiger partial charge in [-0.15, -0.1) is 0 Å². The molecule has 0 amide bonds. The molecule has 0 bridgehead atoms. The average molecular weight is 583 g/mol. The molecule has 1 rings (SSSR count). The van der Waals surface area contributed by atoms with Crippen molar-refractivity contribution in [3.63, 3.8) is 0 Å². The first kappa shape index (κ1) is 33.6. The Labute approximate surface area is 219 Å². The molecule has 6 nitrogen and oxygen atoms in total. The number of hydrogen-bond acceptors (Lipinski definition) is 6. The minimum absolute atomic E-state index is 0.0256. The van der Waals surface area contributed by atoms with Gasteiger partial charge >= 0.3 is 136 Å². The molecule has 1 radical (unpaired) electrons. The van der Waals surface area contributed by atoms with E-state index in [1.165, 1.54) is 83.5 Å². The number of hydrogen-bond donors (Lipinski definition) is 0. The van der Waals surface area contributed by atoms with Crippen LogP contribution in [0.15, 0.2) is 0 Å². The van der Waals surface area contributed by atoms with Crippen LogP contribution in [0.4, 0.5) is 0 Å². The van der Waals surface area contributed by atoms with E-state index in [9.17, 15) is 9.46 Å². The van der Waals surface area contributed by atoms with Gasteiger partial charge in [0.2, 0.25) is 0 Å². The van der Waals surface area contributed by atoms with E-state index in [0.717, 1.165) is 24.5 Å². The number of rotatable bonds is 24. The van der Waals surface area contributed by atoms with E-state index in [4.69, 9.17) is 18.5 Å². The van der Waals surface area contributed by atoms with Gasteiger partial charge < -0.3 is 0 Å². The van der Waals surface area contributed by atoms with Crippen molar-refractivity contribution in [2.45, 2.75) is 138 Å². The summed E-state index contributed by atoms with van der Waals surface area (Å²) < 4.78 is 34.2. The van der Waals surface area contributed by atoms with Gasteiger partial charge in [0.25, 0.3) is 0 Å². The molecule has 1 saturated heterocycles. The van der Waals surface area contributed by atoms with Crippen LogP contribution in [0.3, 0.4) is 0 Å². The van der Waals surface area contributed by atoms with Crippen molar-refractivity contribution in [2.24, 2.45) is 0 Å². The molecule has 1 aliphatic heterocycles. The van der Waals surface area contributed by atoms with Crippen LogP contribution in [0.5, 0.6) is 0 Å². The molecule has 0 aliphatic carbocycles. The summed E-state index contributed by atoms with van der Waals surface area (Å²) >= 11 is -1.68. The molecule has 1 aliphatic rings. The molecule has 1 fully saturated rings. The monoisotopic (exact) mass is 582 g/mol. The standard InChI is InChI=1S/C27H57AsO6P/c1-5-6-7-8-9-10-11-12-13-14-15-16-17-18-22-31-25-27(20-19-23-32-27)26-34-35(29,30)33-24-21-28(2,3)4/h5-26H2,1-4H3,(H,29,30)/p-1. The molecule has 8 heteroatoms. The maximum atomic E-state index is 12.1. The van der Waals surface area contributed by atoms with Gasteiger partial charge in [-0.05, 0) is 0 Å². The van der Waals surface area contributed by atoms with Gasteiger partial charge in [0.1, 0.15) is 0 Å². The molecule has 211 valence electrons. The van der Waals surface area contributed by atoms with Crippen molar-refractivity contribution in [1.82, 2.24) is 0 Å². The summed E-state index contributed by atoms with van der Waals surface area (Å²) in [6, 6.07) is 0. The van der Waals surface area contributed by atoms with Gasteiger partial charge in [0.15, 0.2) is 0 Å². The minimum atomic E-state index is -4.31. The van der Waals surface area contributed by atoms with Crippen LogP contribution in [0.1, 0.15) is 110 Å². The first-order valence-electron chi connectivity index (χ1n) is 14.3. The first-order valence-corrected chi connectivity index (χ1v) is 22.7. The van der Waals surface area contributed by atoms with E-state index in [0.29, 0.717) is 19.8 Å². The molecule has 0 aromatic rings. The number of ether oxygens (including phenoxy) is 2. The fraction of sp³-hybridized carbons (Fsp3) is 1.00. The molecule has 1 heterocycles. The van der Waals surface area contributed by atoms with Crippen molar-refractivity contribution >= 4 is 21.4 Å². The van der Waals surface area contributed by atoms with Crippen LogP contribution < -0.4 is 4.89 Å². The van der Waals surface area contributed by atoms with Gasteiger partial charge in [-0.3, -0.25) is 0 Å². The second-order valence-electron chi connectivity index (χ2n) is 11.4. The summed E-state index contributed by atoms with van der Waals surface area (Å²) in [5, 5.41) is 0.817. The van der Waals surface area contributed by atoms with E-state index in [-0.39, 0.29) is 13.2 Å². The van der Waals surface area contributed by atoms with Crippen LogP contribution in [0.2, 0.25) is 22.3 Å². The second-order valence-corrected chi connectivity index (χ2v) is 23.3. The van der Waals surface area contributed by atoms with Gasteiger partial charge in [0, 0.05) is 0 Å². The summed E-state index contributed by atoms with van der Waals surface area (Å²) in [6.07, 6.45) is 20.4. The molecule has 2 atom stereocenters. The van der Waals surface area contributed by atoms with Gasteiger partial charge in [-0.25, -0.2) is 0 Å². The van der Waals surface area contributed by atoms with Crippen LogP contribution in [0.25, 0.3) is 0 Å². The SMILES string of the molecule is CCCCCCCCCCCCCCCCOCC1(COP(=O)([O-])OCC[As](C)(C)C)CCCO1. The van der Waals surface area contributed by atoms with E-state index in [1.807, 2.05) is 0 Å². The number of phosphoric acid groups is 1. The third kappa shape index (κ3) is 19.3. The van der Waals surface area contributed by atoms with E-state index in [1.54, 1.807) is 0 Å². The van der Waals surface area contributed by atoms with Crippen LogP contribution >= 0.6 is 7.82 Å². The molecule has 0 saturated carbocycles. The third-order valence-electron chi connectivity index (χ3n) is 6.69. The fourth-order valence-corrected chi connectivity index (χ4v) is 6.78. The Bertz CT molecular complexity index is 548. The van der Waals surface area contributed by atoms with Gasteiger partial charge in [-0.2, -0.15) is 0 Å². The van der Waals surface area contributed by atoms with Crippen LogP contribution in [-0.4, -0.2) is 52.2 Å². The molecule has 0 spiro atoms. The Kier molecular flexibility index (Phi) is 18.9. The predicted octanol–water partition coefficient (Wildman–Crippen LogP) is 7.87. The predicted molar refractivity (Wildman–Crippen MR) is 147 cm³/mol. The summed E-state index contributed by atoms with van der Waals surface area (Å²) in [5.41, 5.74) is 5.99. The second kappa shape index (κ2) is 19.6. The van der Waals surface area contributed by atoms with E-state index < -0.39 is 27.0 Å². The third-order valence-corrected chi connectivity index (χ3v) is 10.8. The Morgan fingerprint density at radius 2 is 1.34 bits per heavy atom. The summed E-state index contributed by atoms with van der Waals surface area (Å²) in [6.45, 7) is 4.14. The molecule has 0 aromatic carbocycles. The first-order chi connectivity index (χ1) is 16.7. The van der Waals surface area contributed by atoms with E-state index >= 15 is 0 Å². The Morgan fingerprint density at radius 3 is 1.83 bits per heavy atom. The zero-order valence-electron chi connectivity index (χ0n) is 23.4. The van der Waals surface area contributed by atoms with Crippen LogP contribution in [-0.2, 0) is 23.1 Å². The number of unbranched alkanes of at least 4 members (excludes halogenated alkanes) is 13. The normalized spacial score (nSPS) is 20.4. The van der Waals surface area contributed by atoms with Gasteiger partial charge in [-0.1, -0.05) is 84.0 Å². The molecule has 35 heavy (non-hydrogen) atoms. The molecular weight excluding hydrogens is 526 g/mol. The van der Waals surface area contributed by atoms with Crippen LogP contribution in [0, 0.1) is 0 Å². The summed E-state index contributed by atoms with van der Waals surface area (Å²) in [7, 11) is -4.31. The Balaban J connectivity index is 2.03. The van der Waals surface area contributed by atoms with Gasteiger partial charge in [0.05, 0.1) is 0 Å². The molecule has 2 unspecified atom stereocenters. The van der Waals surface area contributed by atoms with Crippen molar-refractivity contribution in [2.75, 3.05) is 33.0 Å². The topological polar surface area (TPSA) is 77.1 Å². The van der Waals surface area contributed by atoms with Crippen molar-refractivity contribution < 1.29 is 28.0 Å². The zero-order chi connectivity index (χ0) is 25.9.